The first-order chi connectivity index (χ1) is 7.74. The summed E-state index contributed by atoms with van der Waals surface area (Å²) in [6, 6.07) is 8.42. The number of benzene rings is 1. The lowest BCUT2D eigenvalue weighted by Gasteiger charge is -2.04. The van der Waals surface area contributed by atoms with Gasteiger partial charge in [-0.2, -0.15) is 0 Å². The summed E-state index contributed by atoms with van der Waals surface area (Å²) in [5, 5.41) is 10.2. The van der Waals surface area contributed by atoms with Crippen molar-refractivity contribution in [1.29, 1.82) is 0 Å². The summed E-state index contributed by atoms with van der Waals surface area (Å²) in [6.07, 6.45) is 0. The molecule has 0 spiro atoms. The highest BCUT2D eigenvalue weighted by molar-refractivity contribution is 7.99. The molecule has 0 unspecified atom stereocenters. The monoisotopic (exact) mass is 231 g/mol. The third kappa shape index (κ3) is 1.53. The van der Waals surface area contributed by atoms with Crippen LogP contribution in [0.25, 0.3) is 11.4 Å². The van der Waals surface area contributed by atoms with Gasteiger partial charge in [0, 0.05) is 17.4 Å². The molecule has 3 nitrogen and oxygen atoms in total. The lowest BCUT2D eigenvalue weighted by Crippen LogP contribution is -2.02. The van der Waals surface area contributed by atoms with Gasteiger partial charge in [-0.3, -0.25) is 0 Å². The normalized spacial score (nSPS) is 18.8. The Labute approximate surface area is 98.9 Å². The Bertz CT molecular complexity index is 533. The standard InChI is InChI=1S/C12H13N3S/c1-8-4-3-5-10(6-8)11-13-14-12-15(11)7-9(2)16-12/h3-6,9H,7H2,1-2H3/t9-/m1/s1. The fourth-order valence-electron chi connectivity index (χ4n) is 2.01. The van der Waals surface area contributed by atoms with E-state index in [9.17, 15) is 0 Å². The molecule has 4 heteroatoms. The van der Waals surface area contributed by atoms with E-state index in [4.69, 9.17) is 0 Å². The first kappa shape index (κ1) is 9.90. The van der Waals surface area contributed by atoms with Crippen LogP contribution in [-0.2, 0) is 6.54 Å². The third-order valence-corrected chi connectivity index (χ3v) is 3.80. The van der Waals surface area contributed by atoms with Gasteiger partial charge in [-0.15, -0.1) is 10.2 Å². The zero-order valence-electron chi connectivity index (χ0n) is 9.34. The molecule has 1 aliphatic rings. The van der Waals surface area contributed by atoms with E-state index in [2.05, 4.69) is 52.9 Å². The van der Waals surface area contributed by atoms with Gasteiger partial charge < -0.3 is 4.57 Å². The van der Waals surface area contributed by atoms with Gasteiger partial charge in [0.1, 0.15) is 0 Å². The fraction of sp³-hybridized carbons (Fsp3) is 0.333. The van der Waals surface area contributed by atoms with Crippen LogP contribution in [0.4, 0.5) is 0 Å². The predicted octanol–water partition coefficient (Wildman–Crippen LogP) is 2.75. The van der Waals surface area contributed by atoms with Crippen LogP contribution in [0.3, 0.4) is 0 Å². The van der Waals surface area contributed by atoms with Gasteiger partial charge in [0.25, 0.3) is 0 Å². The maximum Gasteiger partial charge on any atom is 0.191 e. The molecule has 0 saturated carbocycles. The number of aryl methyl sites for hydroxylation is 1. The van der Waals surface area contributed by atoms with E-state index in [1.807, 2.05) is 0 Å². The summed E-state index contributed by atoms with van der Waals surface area (Å²) in [6.45, 7) is 5.33. The summed E-state index contributed by atoms with van der Waals surface area (Å²) >= 11 is 1.80. The first-order valence-corrected chi connectivity index (χ1v) is 6.29. The molecule has 1 aromatic carbocycles. The molecule has 0 amide bonds. The van der Waals surface area contributed by atoms with Crippen molar-refractivity contribution in [1.82, 2.24) is 14.8 Å². The average molecular weight is 231 g/mol. The van der Waals surface area contributed by atoms with Crippen LogP contribution >= 0.6 is 11.8 Å². The van der Waals surface area contributed by atoms with Crippen molar-refractivity contribution >= 4 is 11.8 Å². The molecule has 0 N–H and O–H groups in total. The van der Waals surface area contributed by atoms with Crippen LogP contribution in [0, 0.1) is 6.92 Å². The first-order valence-electron chi connectivity index (χ1n) is 5.41. The lowest BCUT2D eigenvalue weighted by atomic mass is 10.1. The van der Waals surface area contributed by atoms with E-state index in [1.54, 1.807) is 11.8 Å². The van der Waals surface area contributed by atoms with Crippen LogP contribution in [0.5, 0.6) is 0 Å². The lowest BCUT2D eigenvalue weighted by molar-refractivity contribution is 0.675. The largest absolute Gasteiger partial charge is 0.301 e. The summed E-state index contributed by atoms with van der Waals surface area (Å²) in [5.41, 5.74) is 2.42. The van der Waals surface area contributed by atoms with Gasteiger partial charge in [0.05, 0.1) is 0 Å². The van der Waals surface area contributed by atoms with E-state index in [0.717, 1.165) is 23.1 Å². The van der Waals surface area contributed by atoms with Gasteiger partial charge in [0.15, 0.2) is 11.0 Å². The molecule has 16 heavy (non-hydrogen) atoms. The zero-order valence-corrected chi connectivity index (χ0v) is 10.2. The van der Waals surface area contributed by atoms with Gasteiger partial charge in [-0.05, 0) is 13.0 Å². The molecular formula is C12H13N3S. The van der Waals surface area contributed by atoms with E-state index < -0.39 is 0 Å². The number of hydrogen-bond acceptors (Lipinski definition) is 3. The number of rotatable bonds is 1. The SMILES string of the molecule is Cc1cccc(-c2nnc3n2C[C@@H](C)S3)c1. The van der Waals surface area contributed by atoms with Gasteiger partial charge in [0.2, 0.25) is 0 Å². The minimum absolute atomic E-state index is 0.606. The summed E-state index contributed by atoms with van der Waals surface area (Å²) < 4.78 is 2.21. The molecule has 0 aliphatic carbocycles. The summed E-state index contributed by atoms with van der Waals surface area (Å²) in [5.74, 6) is 0.996. The van der Waals surface area contributed by atoms with Crippen molar-refractivity contribution in [3.8, 4) is 11.4 Å². The number of thioether (sulfide) groups is 1. The number of aromatic nitrogens is 3. The Morgan fingerprint density at radius 3 is 3.06 bits per heavy atom. The molecule has 82 valence electrons. The summed E-state index contributed by atoms with van der Waals surface area (Å²) in [4.78, 5) is 0. The highest BCUT2D eigenvalue weighted by atomic mass is 32.2. The number of nitrogens with zero attached hydrogens (tertiary/aromatic N) is 3. The van der Waals surface area contributed by atoms with E-state index >= 15 is 0 Å². The molecule has 0 bridgehead atoms. The smallest absolute Gasteiger partial charge is 0.191 e. The Morgan fingerprint density at radius 1 is 1.38 bits per heavy atom. The van der Waals surface area contributed by atoms with Crippen molar-refractivity contribution in [3.05, 3.63) is 29.8 Å². The molecule has 1 aliphatic heterocycles. The number of hydrogen-bond donors (Lipinski definition) is 0. The zero-order chi connectivity index (χ0) is 11.1. The molecule has 0 fully saturated rings. The molecule has 0 saturated heterocycles. The maximum absolute atomic E-state index is 4.28. The van der Waals surface area contributed by atoms with Crippen molar-refractivity contribution < 1.29 is 0 Å². The summed E-state index contributed by atoms with van der Waals surface area (Å²) in [7, 11) is 0. The Morgan fingerprint density at radius 2 is 2.25 bits per heavy atom. The molecule has 3 rings (SSSR count). The van der Waals surface area contributed by atoms with E-state index in [1.165, 1.54) is 5.56 Å². The van der Waals surface area contributed by atoms with Crippen molar-refractivity contribution in [2.75, 3.05) is 0 Å². The molecule has 1 atom stereocenters. The number of fused-ring (bicyclic) bond motifs is 1. The second-order valence-corrected chi connectivity index (χ2v) is 5.62. The third-order valence-electron chi connectivity index (χ3n) is 2.74. The van der Waals surface area contributed by atoms with Crippen LogP contribution in [0.1, 0.15) is 12.5 Å². The Hall–Kier alpha value is -1.29. The second-order valence-electron chi connectivity index (χ2n) is 4.21. The van der Waals surface area contributed by atoms with Crippen molar-refractivity contribution in [2.24, 2.45) is 0 Å². The minimum atomic E-state index is 0.606. The quantitative estimate of drug-likeness (QED) is 0.756. The van der Waals surface area contributed by atoms with Crippen LogP contribution in [-0.4, -0.2) is 20.0 Å². The van der Waals surface area contributed by atoms with Crippen molar-refractivity contribution in [2.45, 2.75) is 30.8 Å². The highest BCUT2D eigenvalue weighted by Crippen LogP contribution is 2.33. The van der Waals surface area contributed by atoms with Crippen LogP contribution < -0.4 is 0 Å². The van der Waals surface area contributed by atoms with E-state index in [0.29, 0.717) is 5.25 Å². The molecule has 1 aromatic heterocycles. The molecule has 2 heterocycles. The minimum Gasteiger partial charge on any atom is -0.301 e. The van der Waals surface area contributed by atoms with Gasteiger partial charge in [-0.1, -0.05) is 42.4 Å². The fourth-order valence-corrected chi connectivity index (χ4v) is 2.97. The topological polar surface area (TPSA) is 30.7 Å². The highest BCUT2D eigenvalue weighted by Gasteiger charge is 2.24. The molecular weight excluding hydrogens is 218 g/mol. The Balaban J connectivity index is 2.08. The van der Waals surface area contributed by atoms with E-state index in [-0.39, 0.29) is 0 Å². The second kappa shape index (κ2) is 3.63. The molecule has 0 radical (unpaired) electrons. The van der Waals surface area contributed by atoms with Gasteiger partial charge >= 0.3 is 0 Å². The van der Waals surface area contributed by atoms with Crippen molar-refractivity contribution in [3.63, 3.8) is 0 Å². The van der Waals surface area contributed by atoms with Gasteiger partial charge in [-0.25, -0.2) is 0 Å². The predicted molar refractivity (Wildman–Crippen MR) is 65.5 cm³/mol. The maximum atomic E-state index is 4.28. The van der Waals surface area contributed by atoms with Crippen LogP contribution in [0.15, 0.2) is 29.4 Å². The van der Waals surface area contributed by atoms with Crippen LogP contribution in [0.2, 0.25) is 0 Å². The average Bonchev–Trinajstić information content (AvgIpc) is 2.76. The molecule has 2 aromatic rings. The Kier molecular flexibility index (Phi) is 2.24.